The monoisotopic (exact) mass is 264 g/mol. The first-order chi connectivity index (χ1) is 7.21. The van der Waals surface area contributed by atoms with Crippen LogP contribution in [0.1, 0.15) is 1.43 Å². The van der Waals surface area contributed by atoms with Crippen molar-refractivity contribution < 1.29 is 76.3 Å². The zero-order valence-electron chi connectivity index (χ0n) is 9.83. The molecular weight excluding hydrogens is 251 g/mol. The van der Waals surface area contributed by atoms with Crippen LogP contribution in [0, 0.1) is 0 Å². The minimum atomic E-state index is -3.11. The third-order valence-electron chi connectivity index (χ3n) is 2.45. The van der Waals surface area contributed by atoms with Crippen LogP contribution in [0.4, 0.5) is 4.79 Å². The van der Waals surface area contributed by atoms with E-state index in [0.29, 0.717) is 0 Å². The van der Waals surface area contributed by atoms with E-state index in [2.05, 4.69) is 4.74 Å². The van der Waals surface area contributed by atoms with Gasteiger partial charge in [0.2, 0.25) is 0 Å². The third-order valence-corrected chi connectivity index (χ3v) is 2.45. The molecule has 7 N–H and O–H groups in total. The smallest absolute Gasteiger partial charge is 1.00 e. The fourth-order valence-corrected chi connectivity index (χ4v) is 1.50. The summed E-state index contributed by atoms with van der Waals surface area (Å²) in [5.41, 5.74) is 0. The number of carboxylic acid groups (broad SMARTS) is 1. The van der Waals surface area contributed by atoms with Crippen molar-refractivity contribution in [2.45, 2.75) is 36.3 Å². The maximum Gasteiger partial charge on any atom is 1.00 e. The van der Waals surface area contributed by atoms with E-state index in [0.717, 1.165) is 0 Å². The van der Waals surface area contributed by atoms with Crippen LogP contribution in [0.5, 0.6) is 0 Å². The van der Waals surface area contributed by atoms with Crippen LogP contribution in [-0.2, 0) is 4.74 Å². The third kappa shape index (κ3) is 2.89. The van der Waals surface area contributed by atoms with Gasteiger partial charge in [0, 0.05) is 0 Å². The molecule has 96 valence electrons. The molecule has 0 spiro atoms. The normalized spacial score (nSPS) is 45.9. The van der Waals surface area contributed by atoms with Crippen LogP contribution in [-0.4, -0.2) is 78.2 Å². The molecule has 0 heterocycles. The van der Waals surface area contributed by atoms with Gasteiger partial charge in [0.05, 0.1) is 0 Å². The Morgan fingerprint density at radius 3 is 1.65 bits per heavy atom. The van der Waals surface area contributed by atoms with Gasteiger partial charge < -0.3 is 41.9 Å². The molecule has 0 aromatic rings. The number of aliphatic hydroxyl groups is 6. The van der Waals surface area contributed by atoms with Crippen LogP contribution in [0.2, 0.25) is 0 Å². The van der Waals surface area contributed by atoms with Gasteiger partial charge in [-0.2, -0.15) is 0 Å². The Hall–Kier alpha value is 0.0300. The fourth-order valence-electron chi connectivity index (χ4n) is 1.50. The summed E-state index contributed by atoms with van der Waals surface area (Å²) in [6, 6.07) is 0. The second-order valence-electron chi connectivity index (χ2n) is 3.48. The Kier molecular flexibility index (Phi) is 5.79. The molecular formula is C7H13NaO9. The Labute approximate surface area is 119 Å². The van der Waals surface area contributed by atoms with Crippen molar-refractivity contribution in [1.29, 1.82) is 0 Å². The molecule has 1 saturated carbocycles. The van der Waals surface area contributed by atoms with Crippen molar-refractivity contribution in [2.24, 2.45) is 0 Å². The van der Waals surface area contributed by atoms with Crippen molar-refractivity contribution >= 4 is 6.16 Å². The molecule has 1 aliphatic carbocycles. The van der Waals surface area contributed by atoms with Gasteiger partial charge in [-0.3, -0.25) is 0 Å². The van der Waals surface area contributed by atoms with E-state index in [9.17, 15) is 30.3 Å². The van der Waals surface area contributed by atoms with Crippen molar-refractivity contribution in [3.63, 3.8) is 0 Å². The number of carbonyl (C=O) groups is 1. The van der Waals surface area contributed by atoms with Gasteiger partial charge in [0.15, 0.2) is 12.2 Å². The molecule has 1 rings (SSSR count). The topological polar surface area (TPSA) is 168 Å². The van der Waals surface area contributed by atoms with Gasteiger partial charge in [-0.15, -0.1) is 0 Å². The van der Waals surface area contributed by atoms with E-state index in [1.807, 2.05) is 0 Å². The van der Waals surface area contributed by atoms with E-state index in [1.54, 1.807) is 0 Å². The first-order valence-corrected chi connectivity index (χ1v) is 4.26. The van der Waals surface area contributed by atoms with E-state index < -0.39 is 42.5 Å². The van der Waals surface area contributed by atoms with Crippen LogP contribution in [0.15, 0.2) is 0 Å². The first-order valence-electron chi connectivity index (χ1n) is 4.26. The zero-order chi connectivity index (χ0) is 12.7. The summed E-state index contributed by atoms with van der Waals surface area (Å²) in [6.45, 7) is 0. The van der Waals surface area contributed by atoms with Gasteiger partial charge in [-0.1, -0.05) is 0 Å². The van der Waals surface area contributed by atoms with Crippen molar-refractivity contribution in [2.75, 3.05) is 0 Å². The Bertz CT molecular complexity index is 274. The summed E-state index contributed by atoms with van der Waals surface area (Å²) in [6.07, 6.45) is -12.7. The number of hydrogen-bond acceptors (Lipinski definition) is 8. The molecule has 0 saturated heterocycles. The Balaban J connectivity index is 0. The second kappa shape index (κ2) is 5.78. The van der Waals surface area contributed by atoms with Gasteiger partial charge in [0.1, 0.15) is 18.3 Å². The summed E-state index contributed by atoms with van der Waals surface area (Å²) in [5, 5.41) is 63.8. The molecule has 0 radical (unpaired) electrons. The Morgan fingerprint density at radius 1 is 1.00 bits per heavy atom. The predicted molar refractivity (Wildman–Crippen MR) is 45.2 cm³/mol. The quantitative estimate of drug-likeness (QED) is 0.138. The molecule has 0 bridgehead atoms. The molecule has 2 unspecified atom stereocenters. The number of hydrogen-bond donors (Lipinski definition) is 7. The molecule has 1 fully saturated rings. The van der Waals surface area contributed by atoms with Gasteiger partial charge >= 0.3 is 35.7 Å². The van der Waals surface area contributed by atoms with Gasteiger partial charge in [-0.25, -0.2) is 4.79 Å². The van der Waals surface area contributed by atoms with Crippen molar-refractivity contribution in [1.82, 2.24) is 0 Å². The van der Waals surface area contributed by atoms with E-state index in [4.69, 9.17) is 10.2 Å². The summed E-state index contributed by atoms with van der Waals surface area (Å²) in [4.78, 5) is 10.2. The fraction of sp³-hybridized carbons (Fsp3) is 0.857. The van der Waals surface area contributed by atoms with Gasteiger partial charge in [0.25, 0.3) is 5.79 Å². The molecule has 9 nitrogen and oxygen atoms in total. The van der Waals surface area contributed by atoms with Crippen molar-refractivity contribution in [3.8, 4) is 0 Å². The molecule has 1 aliphatic rings. The summed E-state index contributed by atoms with van der Waals surface area (Å²) >= 11 is 0. The molecule has 0 aliphatic heterocycles. The van der Waals surface area contributed by atoms with E-state index in [1.165, 1.54) is 0 Å². The minimum absolute atomic E-state index is 0. The summed E-state index contributed by atoms with van der Waals surface area (Å²) in [7, 11) is 0. The average Bonchev–Trinajstić information content (AvgIpc) is 2.21. The molecule has 10 heteroatoms. The molecule has 17 heavy (non-hydrogen) atoms. The van der Waals surface area contributed by atoms with E-state index in [-0.39, 0.29) is 31.0 Å². The summed E-state index contributed by atoms with van der Waals surface area (Å²) in [5.74, 6) is -3.11. The molecule has 0 aromatic carbocycles. The zero-order valence-corrected chi connectivity index (χ0v) is 10.8. The predicted octanol–water partition coefficient (Wildman–Crippen LogP) is -6.70. The molecule has 0 aromatic heterocycles. The maximum atomic E-state index is 10.2. The Morgan fingerprint density at radius 2 is 1.35 bits per heavy atom. The van der Waals surface area contributed by atoms with Crippen LogP contribution < -0.4 is 29.6 Å². The van der Waals surface area contributed by atoms with Crippen LogP contribution in [0.25, 0.3) is 0 Å². The van der Waals surface area contributed by atoms with Crippen LogP contribution >= 0.6 is 0 Å². The van der Waals surface area contributed by atoms with E-state index >= 15 is 0 Å². The molecule has 6 atom stereocenters. The minimum Gasteiger partial charge on any atom is -1.00 e. The number of aliphatic hydroxyl groups excluding tert-OH is 5. The maximum absolute atomic E-state index is 10.2. The standard InChI is InChI=1S/C7H12O9.Na.H/c8-1-2(9)4(11)7(15,16-6(13)14)5(12)3(1)10;;/h1-5,8-12,15H,(H,13,14);;/q;+1;-1/t1?,2-,3+,4-,5-,7?;;/m1../s1. The van der Waals surface area contributed by atoms with Crippen molar-refractivity contribution in [3.05, 3.63) is 0 Å². The van der Waals surface area contributed by atoms with Gasteiger partial charge in [-0.05, 0) is 0 Å². The SMILES string of the molecule is O=C(O)OC1(O)[C@H](O)[C@H](O)C(O)[C@H](O)[C@H]1O.[H-].[Na+]. The summed E-state index contributed by atoms with van der Waals surface area (Å²) < 4.78 is 3.83. The number of rotatable bonds is 1. The van der Waals surface area contributed by atoms with Crippen LogP contribution in [0.3, 0.4) is 0 Å². The first kappa shape index (κ1) is 17.0. The second-order valence-corrected chi connectivity index (χ2v) is 3.48. The molecule has 0 amide bonds. The average molecular weight is 264 g/mol. The largest absolute Gasteiger partial charge is 1.00 e. The number of ether oxygens (including phenoxy) is 1.